The lowest BCUT2D eigenvalue weighted by Gasteiger charge is -2.21. The van der Waals surface area contributed by atoms with Gasteiger partial charge in [0.15, 0.2) is 12.3 Å². The maximum atomic E-state index is 12.8. The van der Waals surface area contributed by atoms with Crippen molar-refractivity contribution >= 4 is 17.5 Å². The molecule has 1 N–H and O–H groups in total. The van der Waals surface area contributed by atoms with Gasteiger partial charge in [-0.05, 0) is 24.6 Å². The van der Waals surface area contributed by atoms with E-state index >= 15 is 0 Å². The van der Waals surface area contributed by atoms with Gasteiger partial charge >= 0.3 is 0 Å². The predicted molar refractivity (Wildman–Crippen MR) is 104 cm³/mol. The number of amides is 2. The van der Waals surface area contributed by atoms with Gasteiger partial charge in [0.1, 0.15) is 12.1 Å². The summed E-state index contributed by atoms with van der Waals surface area (Å²) in [6, 6.07) is 10.6. The van der Waals surface area contributed by atoms with E-state index in [2.05, 4.69) is 15.5 Å². The molecule has 2 heterocycles. The highest BCUT2D eigenvalue weighted by atomic mass is 16.5. The Kier molecular flexibility index (Phi) is 5.88. The highest BCUT2D eigenvalue weighted by molar-refractivity contribution is 5.94. The third kappa shape index (κ3) is 4.28. The van der Waals surface area contributed by atoms with Gasteiger partial charge in [0.2, 0.25) is 0 Å². The lowest BCUT2D eigenvalue weighted by molar-refractivity contribution is -0.130. The average Bonchev–Trinajstić information content (AvgIpc) is 3.18. The molecule has 2 aromatic heterocycles. The van der Waals surface area contributed by atoms with Crippen molar-refractivity contribution in [3.05, 3.63) is 60.0 Å². The minimum atomic E-state index is -0.255. The Morgan fingerprint density at radius 1 is 1.21 bits per heavy atom. The number of likely N-dealkylation sites (N-methyl/N-ethyl adjacent to an activating group) is 1. The van der Waals surface area contributed by atoms with Crippen LogP contribution >= 0.6 is 0 Å². The Morgan fingerprint density at radius 2 is 2.00 bits per heavy atom. The average molecular weight is 381 g/mol. The SMILES string of the molecule is CCC(NC(=O)c1ccc2nncn2c1)c1ccccc1OCC(=O)N(C)C. The molecule has 2 amide bonds. The molecule has 0 aliphatic carbocycles. The molecule has 28 heavy (non-hydrogen) atoms. The summed E-state index contributed by atoms with van der Waals surface area (Å²) in [5.41, 5.74) is 2.01. The summed E-state index contributed by atoms with van der Waals surface area (Å²) in [7, 11) is 3.36. The lowest BCUT2D eigenvalue weighted by atomic mass is 10.0. The Labute approximate surface area is 163 Å². The summed E-state index contributed by atoms with van der Waals surface area (Å²) >= 11 is 0. The van der Waals surface area contributed by atoms with E-state index < -0.39 is 0 Å². The van der Waals surface area contributed by atoms with Crippen LogP contribution in [-0.4, -0.2) is 52.0 Å². The highest BCUT2D eigenvalue weighted by Gasteiger charge is 2.19. The molecular weight excluding hydrogens is 358 g/mol. The van der Waals surface area contributed by atoms with Crippen molar-refractivity contribution in [1.82, 2.24) is 24.8 Å². The minimum absolute atomic E-state index is 0.0569. The molecule has 0 saturated carbocycles. The smallest absolute Gasteiger partial charge is 0.259 e. The molecule has 1 atom stereocenters. The van der Waals surface area contributed by atoms with Crippen molar-refractivity contribution in [2.24, 2.45) is 0 Å². The number of para-hydroxylation sites is 1. The molecular formula is C20H23N5O3. The standard InChI is InChI=1S/C20H23N5O3/c1-4-16(15-7-5-6-8-17(15)28-12-19(26)24(2)3)22-20(27)14-9-10-18-23-21-13-25(18)11-14/h5-11,13,16H,4,12H2,1-3H3,(H,22,27). The van der Waals surface area contributed by atoms with Crippen LogP contribution in [0.15, 0.2) is 48.9 Å². The van der Waals surface area contributed by atoms with Crippen molar-refractivity contribution in [3.8, 4) is 5.75 Å². The Balaban J connectivity index is 1.77. The van der Waals surface area contributed by atoms with Crippen LogP contribution in [0, 0.1) is 0 Å². The van der Waals surface area contributed by atoms with E-state index in [1.165, 1.54) is 4.90 Å². The first-order valence-corrected chi connectivity index (χ1v) is 9.01. The van der Waals surface area contributed by atoms with Crippen molar-refractivity contribution < 1.29 is 14.3 Å². The van der Waals surface area contributed by atoms with Gasteiger partial charge in [0.25, 0.3) is 11.8 Å². The number of fused-ring (bicyclic) bond motifs is 1. The first-order chi connectivity index (χ1) is 13.5. The second-order valence-corrected chi connectivity index (χ2v) is 6.56. The van der Waals surface area contributed by atoms with E-state index in [-0.39, 0.29) is 24.5 Å². The maximum absolute atomic E-state index is 12.8. The fraction of sp³-hybridized carbons (Fsp3) is 0.300. The van der Waals surface area contributed by atoms with Crippen molar-refractivity contribution in [3.63, 3.8) is 0 Å². The first kappa shape index (κ1) is 19.3. The maximum Gasteiger partial charge on any atom is 0.259 e. The predicted octanol–water partition coefficient (Wildman–Crippen LogP) is 2.08. The summed E-state index contributed by atoms with van der Waals surface area (Å²) in [6.45, 7) is 1.92. The van der Waals surface area contributed by atoms with Crippen LogP contribution in [0.2, 0.25) is 0 Å². The van der Waals surface area contributed by atoms with E-state index in [1.54, 1.807) is 49.2 Å². The number of carbonyl (C=O) groups excluding carboxylic acids is 2. The van der Waals surface area contributed by atoms with Crippen molar-refractivity contribution in [1.29, 1.82) is 0 Å². The van der Waals surface area contributed by atoms with Gasteiger partial charge in [-0.25, -0.2) is 0 Å². The summed E-state index contributed by atoms with van der Waals surface area (Å²) in [4.78, 5) is 26.1. The van der Waals surface area contributed by atoms with E-state index in [4.69, 9.17) is 4.74 Å². The number of ether oxygens (including phenoxy) is 1. The third-order valence-corrected chi connectivity index (χ3v) is 4.41. The second-order valence-electron chi connectivity index (χ2n) is 6.56. The van der Waals surface area contributed by atoms with Crippen LogP contribution in [0.25, 0.3) is 5.65 Å². The Morgan fingerprint density at radius 3 is 2.75 bits per heavy atom. The van der Waals surface area contributed by atoms with E-state index in [0.29, 0.717) is 23.4 Å². The van der Waals surface area contributed by atoms with Crippen LogP contribution in [0.3, 0.4) is 0 Å². The van der Waals surface area contributed by atoms with E-state index in [9.17, 15) is 9.59 Å². The monoisotopic (exact) mass is 381 g/mol. The van der Waals surface area contributed by atoms with Gasteiger partial charge in [-0.1, -0.05) is 25.1 Å². The molecule has 0 aliphatic heterocycles. The van der Waals surface area contributed by atoms with Crippen LogP contribution in [-0.2, 0) is 4.79 Å². The number of nitrogens with one attached hydrogen (secondary N) is 1. The summed E-state index contributed by atoms with van der Waals surface area (Å²) in [6.07, 6.45) is 3.91. The van der Waals surface area contributed by atoms with E-state index in [0.717, 1.165) is 5.56 Å². The second kappa shape index (κ2) is 8.51. The summed E-state index contributed by atoms with van der Waals surface area (Å²) in [5, 5.41) is 10.8. The lowest BCUT2D eigenvalue weighted by Crippen LogP contribution is -2.30. The van der Waals surface area contributed by atoms with Crippen molar-refractivity contribution in [2.45, 2.75) is 19.4 Å². The third-order valence-electron chi connectivity index (χ3n) is 4.41. The molecule has 3 aromatic rings. The topological polar surface area (TPSA) is 88.8 Å². The van der Waals surface area contributed by atoms with Crippen LogP contribution in [0.5, 0.6) is 5.75 Å². The van der Waals surface area contributed by atoms with Gasteiger partial charge in [-0.15, -0.1) is 10.2 Å². The highest BCUT2D eigenvalue weighted by Crippen LogP contribution is 2.27. The Bertz CT molecular complexity index is 983. The molecule has 146 valence electrons. The zero-order valence-corrected chi connectivity index (χ0v) is 16.1. The number of rotatable bonds is 7. The molecule has 0 saturated heterocycles. The molecule has 0 fully saturated rings. The first-order valence-electron chi connectivity index (χ1n) is 9.01. The number of aromatic nitrogens is 3. The number of hydrogen-bond acceptors (Lipinski definition) is 5. The molecule has 8 nitrogen and oxygen atoms in total. The fourth-order valence-corrected chi connectivity index (χ4v) is 2.77. The van der Waals surface area contributed by atoms with Gasteiger partial charge < -0.3 is 15.0 Å². The van der Waals surface area contributed by atoms with Crippen molar-refractivity contribution in [2.75, 3.05) is 20.7 Å². The number of carbonyl (C=O) groups is 2. The largest absolute Gasteiger partial charge is 0.483 e. The van der Waals surface area contributed by atoms with Crippen LogP contribution in [0.4, 0.5) is 0 Å². The zero-order valence-electron chi connectivity index (χ0n) is 16.1. The fourth-order valence-electron chi connectivity index (χ4n) is 2.77. The van der Waals surface area contributed by atoms with Gasteiger partial charge in [-0.3, -0.25) is 14.0 Å². The molecule has 8 heteroatoms. The van der Waals surface area contributed by atoms with E-state index in [1.807, 2.05) is 25.1 Å². The molecule has 0 aliphatic rings. The molecule has 1 aromatic carbocycles. The number of benzene rings is 1. The normalized spacial score (nSPS) is 11.8. The molecule has 0 radical (unpaired) electrons. The van der Waals surface area contributed by atoms with Crippen LogP contribution < -0.4 is 10.1 Å². The minimum Gasteiger partial charge on any atom is -0.483 e. The van der Waals surface area contributed by atoms with Gasteiger partial charge in [0, 0.05) is 25.9 Å². The molecule has 0 spiro atoms. The van der Waals surface area contributed by atoms with Gasteiger partial charge in [-0.2, -0.15) is 0 Å². The molecule has 0 bridgehead atoms. The quantitative estimate of drug-likeness (QED) is 0.677. The Hall–Kier alpha value is -3.42. The summed E-state index contributed by atoms with van der Waals surface area (Å²) in [5.74, 6) is 0.245. The summed E-state index contributed by atoms with van der Waals surface area (Å²) < 4.78 is 7.41. The van der Waals surface area contributed by atoms with Crippen LogP contribution in [0.1, 0.15) is 35.3 Å². The molecule has 1 unspecified atom stereocenters. The number of nitrogens with zero attached hydrogens (tertiary/aromatic N) is 4. The number of pyridine rings is 1. The zero-order chi connectivity index (χ0) is 20.1. The molecule has 3 rings (SSSR count). The van der Waals surface area contributed by atoms with Gasteiger partial charge in [0.05, 0.1) is 11.6 Å². The number of hydrogen-bond donors (Lipinski definition) is 1.